The summed E-state index contributed by atoms with van der Waals surface area (Å²) in [6.45, 7) is 5.87. The van der Waals surface area contributed by atoms with Crippen LogP contribution in [-0.4, -0.2) is 0 Å². The fourth-order valence-corrected chi connectivity index (χ4v) is 4.36. The average molecular weight is 351 g/mol. The van der Waals surface area contributed by atoms with Crippen molar-refractivity contribution in [1.29, 1.82) is 0 Å². The Hall–Kier alpha value is -1.89. The predicted molar refractivity (Wildman–Crippen MR) is 111 cm³/mol. The molecule has 0 nitrogen and oxygen atoms in total. The molecule has 0 aromatic heterocycles. The highest BCUT2D eigenvalue weighted by molar-refractivity contribution is 5.84. The zero-order chi connectivity index (χ0) is 18.4. The molecule has 1 aliphatic carbocycles. The largest absolute Gasteiger partial charge is 0.206 e. The molecule has 0 saturated heterocycles. The van der Waals surface area contributed by atoms with Gasteiger partial charge in [-0.15, -0.1) is 6.58 Å². The number of rotatable bonds is 7. The van der Waals surface area contributed by atoms with E-state index in [0.29, 0.717) is 5.92 Å². The van der Waals surface area contributed by atoms with Gasteiger partial charge in [0.1, 0.15) is 5.82 Å². The summed E-state index contributed by atoms with van der Waals surface area (Å²) >= 11 is 0. The third-order valence-corrected chi connectivity index (χ3v) is 5.95. The van der Waals surface area contributed by atoms with Crippen molar-refractivity contribution in [3.05, 3.63) is 72.1 Å². The molecule has 1 heteroatoms. The molecule has 1 aliphatic rings. The van der Waals surface area contributed by atoms with Crippen molar-refractivity contribution in [3.63, 3.8) is 0 Å². The SMILES string of the molecule is C=CCCC1CCC(c2ccc3cc(CC/C=C/C)ccc3c2F)CC1. The lowest BCUT2D eigenvalue weighted by atomic mass is 9.76. The van der Waals surface area contributed by atoms with E-state index in [2.05, 4.69) is 36.9 Å². The highest BCUT2D eigenvalue weighted by atomic mass is 19.1. The smallest absolute Gasteiger partial charge is 0.134 e. The third kappa shape index (κ3) is 4.44. The van der Waals surface area contributed by atoms with Gasteiger partial charge in [0.25, 0.3) is 0 Å². The van der Waals surface area contributed by atoms with Crippen molar-refractivity contribution in [2.24, 2.45) is 5.92 Å². The van der Waals surface area contributed by atoms with E-state index in [4.69, 9.17) is 0 Å². The average Bonchev–Trinajstić information content (AvgIpc) is 2.67. The van der Waals surface area contributed by atoms with Gasteiger partial charge in [-0.2, -0.15) is 0 Å². The van der Waals surface area contributed by atoms with Gasteiger partial charge in [-0.1, -0.05) is 48.6 Å². The van der Waals surface area contributed by atoms with Crippen LogP contribution in [0.5, 0.6) is 0 Å². The van der Waals surface area contributed by atoms with Crippen LogP contribution in [0.25, 0.3) is 10.8 Å². The van der Waals surface area contributed by atoms with Crippen molar-refractivity contribution in [3.8, 4) is 0 Å². The third-order valence-electron chi connectivity index (χ3n) is 5.95. The Morgan fingerprint density at radius 1 is 1.08 bits per heavy atom. The van der Waals surface area contributed by atoms with Crippen LogP contribution in [0.4, 0.5) is 4.39 Å². The summed E-state index contributed by atoms with van der Waals surface area (Å²) in [5, 5.41) is 1.81. The van der Waals surface area contributed by atoms with Gasteiger partial charge < -0.3 is 0 Å². The summed E-state index contributed by atoms with van der Waals surface area (Å²) in [5.74, 6) is 1.19. The second-order valence-electron chi connectivity index (χ2n) is 7.72. The minimum absolute atomic E-state index is 0.0112. The van der Waals surface area contributed by atoms with E-state index < -0.39 is 0 Å². The molecule has 0 amide bonds. The molecule has 1 saturated carbocycles. The van der Waals surface area contributed by atoms with Crippen LogP contribution < -0.4 is 0 Å². The first-order chi connectivity index (χ1) is 12.7. The predicted octanol–water partition coefficient (Wildman–Crippen LogP) is 7.73. The Bertz CT molecular complexity index is 763. The van der Waals surface area contributed by atoms with Crippen LogP contribution in [0.3, 0.4) is 0 Å². The van der Waals surface area contributed by atoms with E-state index in [9.17, 15) is 0 Å². The van der Waals surface area contributed by atoms with Crippen LogP contribution >= 0.6 is 0 Å². The second kappa shape index (κ2) is 9.16. The van der Waals surface area contributed by atoms with E-state index in [1.807, 2.05) is 25.1 Å². The minimum atomic E-state index is 0.0112. The van der Waals surface area contributed by atoms with E-state index in [-0.39, 0.29) is 5.82 Å². The Balaban J connectivity index is 1.73. The Kier molecular flexibility index (Phi) is 6.66. The van der Waals surface area contributed by atoms with E-state index in [1.165, 1.54) is 24.8 Å². The topological polar surface area (TPSA) is 0 Å². The molecule has 1 fully saturated rings. The lowest BCUT2D eigenvalue weighted by Gasteiger charge is -2.29. The first kappa shape index (κ1) is 18.9. The molecule has 0 heterocycles. The Morgan fingerprint density at radius 3 is 2.62 bits per heavy atom. The van der Waals surface area contributed by atoms with E-state index in [1.54, 1.807) is 0 Å². The van der Waals surface area contributed by atoms with Gasteiger partial charge in [0, 0.05) is 5.39 Å². The number of halogens is 1. The van der Waals surface area contributed by atoms with Crippen LogP contribution in [0, 0.1) is 11.7 Å². The number of benzene rings is 2. The maximum Gasteiger partial charge on any atom is 0.134 e. The molecule has 2 aromatic rings. The van der Waals surface area contributed by atoms with E-state index >= 15 is 4.39 Å². The molecule has 0 bridgehead atoms. The molecule has 0 spiro atoms. The molecular weight excluding hydrogens is 319 g/mol. The zero-order valence-corrected chi connectivity index (χ0v) is 16.0. The number of hydrogen-bond acceptors (Lipinski definition) is 0. The second-order valence-corrected chi connectivity index (χ2v) is 7.72. The van der Waals surface area contributed by atoms with Crippen LogP contribution in [0.2, 0.25) is 0 Å². The summed E-state index contributed by atoms with van der Waals surface area (Å²) in [6, 6.07) is 10.4. The van der Waals surface area contributed by atoms with Gasteiger partial charge >= 0.3 is 0 Å². The zero-order valence-electron chi connectivity index (χ0n) is 16.0. The summed E-state index contributed by atoms with van der Waals surface area (Å²) in [5.41, 5.74) is 2.21. The van der Waals surface area contributed by atoms with Crippen LogP contribution in [-0.2, 0) is 6.42 Å². The Labute approximate surface area is 157 Å². The molecule has 138 valence electrons. The fraction of sp³-hybridized carbons (Fsp3) is 0.440. The molecule has 0 unspecified atom stereocenters. The number of hydrogen-bond donors (Lipinski definition) is 0. The first-order valence-electron chi connectivity index (χ1n) is 10.2. The number of fused-ring (bicyclic) bond motifs is 1. The van der Waals surface area contributed by atoms with Gasteiger partial charge in [-0.05, 0) is 86.6 Å². The highest BCUT2D eigenvalue weighted by Crippen LogP contribution is 2.39. The fourth-order valence-electron chi connectivity index (χ4n) is 4.36. The maximum absolute atomic E-state index is 15.2. The summed E-state index contributed by atoms with van der Waals surface area (Å²) in [7, 11) is 0. The normalized spacial score (nSPS) is 20.7. The minimum Gasteiger partial charge on any atom is -0.206 e. The van der Waals surface area contributed by atoms with Gasteiger partial charge in [0.15, 0.2) is 0 Å². The molecule has 0 atom stereocenters. The van der Waals surface area contributed by atoms with Crippen molar-refractivity contribution < 1.29 is 4.39 Å². The molecular formula is C25H31F. The molecule has 3 rings (SSSR count). The van der Waals surface area contributed by atoms with E-state index in [0.717, 1.165) is 54.4 Å². The molecule has 0 N–H and O–H groups in total. The van der Waals surface area contributed by atoms with Gasteiger partial charge in [-0.25, -0.2) is 4.39 Å². The van der Waals surface area contributed by atoms with Crippen LogP contribution in [0.1, 0.15) is 68.9 Å². The highest BCUT2D eigenvalue weighted by Gasteiger charge is 2.24. The first-order valence-corrected chi connectivity index (χ1v) is 10.2. The Morgan fingerprint density at radius 2 is 1.88 bits per heavy atom. The van der Waals surface area contributed by atoms with Crippen LogP contribution in [0.15, 0.2) is 55.1 Å². The maximum atomic E-state index is 15.2. The molecule has 0 aliphatic heterocycles. The number of aryl methyl sites for hydroxylation is 1. The summed E-state index contributed by atoms with van der Waals surface area (Å²) < 4.78 is 15.2. The molecule has 2 aromatic carbocycles. The quantitative estimate of drug-likeness (QED) is 0.448. The van der Waals surface area contributed by atoms with Gasteiger partial charge in [0.05, 0.1) is 0 Å². The summed E-state index contributed by atoms with van der Waals surface area (Å²) in [6.07, 6.45) is 15.4. The summed E-state index contributed by atoms with van der Waals surface area (Å²) in [4.78, 5) is 0. The monoisotopic (exact) mass is 350 g/mol. The standard InChI is InChI=1S/C25H31F/c1-3-5-7-9-20-12-16-24-22(18-20)15-17-23(25(24)26)21-13-10-19(11-14-21)8-6-4-2/h3-5,12,15-19,21H,2,6-11,13-14H2,1H3/b5-3+. The lowest BCUT2D eigenvalue weighted by Crippen LogP contribution is -2.14. The molecule has 0 radical (unpaired) electrons. The lowest BCUT2D eigenvalue weighted by molar-refractivity contribution is 0.308. The van der Waals surface area contributed by atoms with Crippen molar-refractivity contribution in [1.82, 2.24) is 0 Å². The number of allylic oxidation sites excluding steroid dienone is 3. The van der Waals surface area contributed by atoms with Gasteiger partial charge in [0.2, 0.25) is 0 Å². The van der Waals surface area contributed by atoms with Gasteiger partial charge in [-0.3, -0.25) is 0 Å². The van der Waals surface area contributed by atoms with Crippen molar-refractivity contribution in [2.75, 3.05) is 0 Å². The molecule has 26 heavy (non-hydrogen) atoms. The van der Waals surface area contributed by atoms with Crippen molar-refractivity contribution >= 4 is 10.8 Å². The van der Waals surface area contributed by atoms with Crippen molar-refractivity contribution in [2.45, 2.75) is 64.2 Å².